The number of nitrogens with zero attached hydrogens (tertiary/aromatic N) is 3. The minimum Gasteiger partial charge on any atom is -0.466 e. The SMILES string of the molecule is C=CCN(CCN1CCOCC1)C(=O)C1N([C@@H](CO)Cc2ccccc2)C(=O)[C@@H]2[C@@H](C(=O)OCC)[C@@]3(CC)CCC12O3. The Labute approximate surface area is 248 Å². The number of morpholine rings is 1. The van der Waals surface area contributed by atoms with Crippen LogP contribution in [-0.4, -0.2) is 120 Å². The van der Waals surface area contributed by atoms with Gasteiger partial charge in [0.1, 0.15) is 17.6 Å². The summed E-state index contributed by atoms with van der Waals surface area (Å²) in [6, 6.07) is 7.99. The molecule has 0 aliphatic carbocycles. The topological polar surface area (TPSA) is 109 Å². The molecule has 6 atom stereocenters. The van der Waals surface area contributed by atoms with Crippen LogP contribution in [0.3, 0.4) is 0 Å². The van der Waals surface area contributed by atoms with Gasteiger partial charge in [0.05, 0.1) is 44.0 Å². The van der Waals surface area contributed by atoms with Gasteiger partial charge in [0, 0.05) is 32.7 Å². The number of aliphatic hydroxyl groups is 1. The van der Waals surface area contributed by atoms with E-state index >= 15 is 0 Å². The van der Waals surface area contributed by atoms with E-state index in [-0.39, 0.29) is 25.0 Å². The summed E-state index contributed by atoms with van der Waals surface area (Å²) < 4.78 is 17.8. The highest BCUT2D eigenvalue weighted by atomic mass is 16.6. The van der Waals surface area contributed by atoms with Crippen molar-refractivity contribution in [1.82, 2.24) is 14.7 Å². The van der Waals surface area contributed by atoms with E-state index in [0.29, 0.717) is 58.5 Å². The number of fused-ring (bicyclic) bond motifs is 1. The fourth-order valence-corrected chi connectivity index (χ4v) is 7.76. The molecule has 1 N–H and O–H groups in total. The maximum atomic E-state index is 14.7. The van der Waals surface area contributed by atoms with Gasteiger partial charge >= 0.3 is 5.97 Å². The van der Waals surface area contributed by atoms with Gasteiger partial charge in [-0.05, 0) is 38.2 Å². The van der Waals surface area contributed by atoms with Gasteiger partial charge in [-0.25, -0.2) is 0 Å². The number of carbonyl (C=O) groups is 3. The zero-order valence-corrected chi connectivity index (χ0v) is 24.9. The van der Waals surface area contributed by atoms with Crippen LogP contribution >= 0.6 is 0 Å². The number of hydrogen-bond donors (Lipinski definition) is 1. The normalized spacial score (nSPS) is 31.2. The second kappa shape index (κ2) is 12.8. The average Bonchev–Trinajstić information content (AvgIpc) is 3.62. The largest absolute Gasteiger partial charge is 0.466 e. The summed E-state index contributed by atoms with van der Waals surface area (Å²) in [6.07, 6.45) is 3.64. The molecule has 10 nitrogen and oxygen atoms in total. The Balaban J connectivity index is 1.54. The molecule has 2 amide bonds. The summed E-state index contributed by atoms with van der Waals surface area (Å²) in [5.41, 5.74) is -1.09. The Morgan fingerprint density at radius 3 is 2.60 bits per heavy atom. The first-order valence-corrected chi connectivity index (χ1v) is 15.4. The van der Waals surface area contributed by atoms with Crippen molar-refractivity contribution in [3.05, 3.63) is 48.6 Å². The molecular weight excluding hydrogens is 538 g/mol. The van der Waals surface area contributed by atoms with Crippen LogP contribution in [-0.2, 0) is 35.0 Å². The molecule has 230 valence electrons. The fourth-order valence-electron chi connectivity index (χ4n) is 7.76. The Morgan fingerprint density at radius 2 is 1.95 bits per heavy atom. The Bertz CT molecular complexity index is 1140. The summed E-state index contributed by atoms with van der Waals surface area (Å²) in [7, 11) is 0. The number of carbonyl (C=O) groups excluding carboxylic acids is 3. The molecule has 4 heterocycles. The first-order valence-electron chi connectivity index (χ1n) is 15.4. The molecular formula is C32H45N3O7. The molecule has 4 aliphatic rings. The van der Waals surface area contributed by atoms with Crippen LogP contribution in [0.5, 0.6) is 0 Å². The Hall–Kier alpha value is -2.79. The number of benzene rings is 1. The third kappa shape index (κ3) is 5.27. The van der Waals surface area contributed by atoms with E-state index in [0.717, 1.165) is 18.7 Å². The van der Waals surface area contributed by atoms with E-state index < -0.39 is 41.1 Å². The zero-order chi connectivity index (χ0) is 29.9. The van der Waals surface area contributed by atoms with Gasteiger partial charge in [-0.3, -0.25) is 19.3 Å². The van der Waals surface area contributed by atoms with E-state index in [1.807, 2.05) is 37.3 Å². The lowest BCUT2D eigenvalue weighted by atomic mass is 9.65. The highest BCUT2D eigenvalue weighted by Crippen LogP contribution is 2.64. The van der Waals surface area contributed by atoms with Crippen LogP contribution in [0.2, 0.25) is 0 Å². The number of amides is 2. The van der Waals surface area contributed by atoms with Gasteiger partial charge in [-0.1, -0.05) is 43.3 Å². The van der Waals surface area contributed by atoms with E-state index in [1.54, 1.807) is 22.8 Å². The lowest BCUT2D eigenvalue weighted by Gasteiger charge is -2.40. The van der Waals surface area contributed by atoms with Gasteiger partial charge in [0.25, 0.3) is 0 Å². The van der Waals surface area contributed by atoms with Crippen molar-refractivity contribution in [2.24, 2.45) is 11.8 Å². The Morgan fingerprint density at radius 1 is 1.21 bits per heavy atom. The molecule has 1 aromatic rings. The molecule has 4 saturated heterocycles. The molecule has 0 saturated carbocycles. The van der Waals surface area contributed by atoms with Crippen molar-refractivity contribution < 1.29 is 33.7 Å². The molecule has 5 rings (SSSR count). The van der Waals surface area contributed by atoms with Gasteiger partial charge in [0.15, 0.2) is 0 Å². The van der Waals surface area contributed by atoms with Crippen LogP contribution in [0, 0.1) is 11.8 Å². The third-order valence-electron chi connectivity index (χ3n) is 9.76. The van der Waals surface area contributed by atoms with E-state index in [2.05, 4.69) is 11.5 Å². The smallest absolute Gasteiger partial charge is 0.312 e. The standard InChI is InChI=1S/C32H45N3O7/c1-4-14-34(16-15-33-17-19-40-20-18-33)29(38)27-32-13-12-31(5-2,42-32)26(30(39)41-6-3)25(32)28(37)35(27)24(22-36)21-23-10-8-7-9-11-23/h4,7-11,24-27,36H,1,5-6,12-22H2,2-3H3/t24-,25+,26+,27?,31-,32?/m1/s1. The third-order valence-corrected chi connectivity index (χ3v) is 9.76. The summed E-state index contributed by atoms with van der Waals surface area (Å²) in [5.74, 6) is -2.66. The Kier molecular flexibility index (Phi) is 9.37. The zero-order valence-electron chi connectivity index (χ0n) is 24.9. The van der Waals surface area contributed by atoms with Crippen molar-refractivity contribution >= 4 is 17.8 Å². The van der Waals surface area contributed by atoms with Crippen LogP contribution < -0.4 is 0 Å². The highest BCUT2D eigenvalue weighted by molar-refractivity contribution is 5.98. The van der Waals surface area contributed by atoms with Crippen molar-refractivity contribution in [3.63, 3.8) is 0 Å². The molecule has 4 aliphatic heterocycles. The van der Waals surface area contributed by atoms with Crippen LogP contribution in [0.1, 0.15) is 38.7 Å². The van der Waals surface area contributed by atoms with E-state index in [1.165, 1.54) is 0 Å². The summed E-state index contributed by atoms with van der Waals surface area (Å²) in [6.45, 7) is 11.8. The average molecular weight is 584 g/mol. The van der Waals surface area contributed by atoms with Crippen molar-refractivity contribution in [2.45, 2.75) is 62.8 Å². The summed E-state index contributed by atoms with van der Waals surface area (Å²) in [5, 5.41) is 10.7. The van der Waals surface area contributed by atoms with Gasteiger partial charge < -0.3 is 29.1 Å². The predicted octanol–water partition coefficient (Wildman–Crippen LogP) is 1.65. The van der Waals surface area contributed by atoms with Crippen molar-refractivity contribution in [2.75, 3.05) is 59.2 Å². The second-order valence-corrected chi connectivity index (χ2v) is 11.9. The number of likely N-dealkylation sites (tertiary alicyclic amines) is 1. The quantitative estimate of drug-likeness (QED) is 0.276. The number of hydrogen-bond acceptors (Lipinski definition) is 8. The minimum atomic E-state index is -1.18. The number of esters is 1. The highest BCUT2D eigenvalue weighted by Gasteiger charge is 2.79. The van der Waals surface area contributed by atoms with Gasteiger partial charge in [-0.2, -0.15) is 0 Å². The van der Waals surface area contributed by atoms with Gasteiger partial charge in [0.2, 0.25) is 11.8 Å². The molecule has 0 radical (unpaired) electrons. The molecule has 42 heavy (non-hydrogen) atoms. The van der Waals surface area contributed by atoms with Crippen LogP contribution in [0.25, 0.3) is 0 Å². The molecule has 2 bridgehead atoms. The maximum Gasteiger partial charge on any atom is 0.312 e. The molecule has 4 fully saturated rings. The van der Waals surface area contributed by atoms with Crippen LogP contribution in [0.4, 0.5) is 0 Å². The number of aliphatic hydroxyl groups excluding tert-OH is 1. The molecule has 1 aromatic carbocycles. The van der Waals surface area contributed by atoms with Crippen LogP contribution in [0.15, 0.2) is 43.0 Å². The number of ether oxygens (including phenoxy) is 3. The predicted molar refractivity (Wildman–Crippen MR) is 155 cm³/mol. The lowest BCUT2D eigenvalue weighted by molar-refractivity contribution is -0.163. The first kappa shape index (κ1) is 30.7. The van der Waals surface area contributed by atoms with E-state index in [9.17, 15) is 19.5 Å². The minimum absolute atomic E-state index is 0.192. The van der Waals surface area contributed by atoms with Crippen molar-refractivity contribution in [1.29, 1.82) is 0 Å². The summed E-state index contributed by atoms with van der Waals surface area (Å²) >= 11 is 0. The van der Waals surface area contributed by atoms with Gasteiger partial charge in [-0.15, -0.1) is 6.58 Å². The molecule has 1 spiro atoms. The van der Waals surface area contributed by atoms with E-state index in [4.69, 9.17) is 14.2 Å². The second-order valence-electron chi connectivity index (χ2n) is 11.9. The monoisotopic (exact) mass is 583 g/mol. The maximum absolute atomic E-state index is 14.7. The summed E-state index contributed by atoms with van der Waals surface area (Å²) in [4.78, 5) is 48.3. The fraction of sp³-hybridized carbons (Fsp3) is 0.656. The molecule has 10 heteroatoms. The first-order chi connectivity index (χ1) is 20.4. The number of rotatable bonds is 13. The molecule has 2 unspecified atom stereocenters. The molecule has 0 aromatic heterocycles. The lowest BCUT2D eigenvalue weighted by Crippen LogP contribution is -2.60. The van der Waals surface area contributed by atoms with Crippen molar-refractivity contribution in [3.8, 4) is 0 Å².